The van der Waals surface area contributed by atoms with Gasteiger partial charge in [0.1, 0.15) is 17.3 Å². The third kappa shape index (κ3) is 5.33. The highest BCUT2D eigenvalue weighted by atomic mass is 35.5. The fraction of sp³-hybridized carbons (Fsp3) is 0.100. The zero-order valence-corrected chi connectivity index (χ0v) is 14.7. The predicted molar refractivity (Wildman–Crippen MR) is 96.9 cm³/mol. The molecular weight excluding hydrogens is 334 g/mol. The van der Waals surface area contributed by atoms with Crippen LogP contribution in [0.5, 0.6) is 5.75 Å². The maximum atomic E-state index is 5.48. The second kappa shape index (κ2) is 9.45. The van der Waals surface area contributed by atoms with Crippen LogP contribution in [0.2, 0.25) is 0 Å². The van der Waals surface area contributed by atoms with Gasteiger partial charge < -0.3 is 22.5 Å². The number of nitrogens with zero attached hydrogens (tertiary/aromatic N) is 1. The van der Waals surface area contributed by atoms with Gasteiger partial charge >= 0.3 is 0 Å². The Balaban J connectivity index is 0.00000225. The van der Waals surface area contributed by atoms with Crippen molar-refractivity contribution in [2.24, 2.45) is 4.99 Å². The highest BCUT2D eigenvalue weighted by Crippen LogP contribution is 2.20. The number of anilines is 1. The van der Waals surface area contributed by atoms with E-state index in [9.17, 15) is 0 Å². The average molecular weight is 354 g/mol. The fourth-order valence-electron chi connectivity index (χ4n) is 2.28. The van der Waals surface area contributed by atoms with Crippen molar-refractivity contribution in [2.45, 2.75) is 6.92 Å². The summed E-state index contributed by atoms with van der Waals surface area (Å²) in [5.41, 5.74) is 2.84. The number of H-pyrrole nitrogens is 1. The summed E-state index contributed by atoms with van der Waals surface area (Å²) in [6.07, 6.45) is 3.77. The smallest absolute Gasteiger partial charge is 0.190 e. The van der Waals surface area contributed by atoms with Crippen molar-refractivity contribution in [1.29, 1.82) is 0 Å². The first-order valence-electron chi connectivity index (χ1n) is 7.95. The van der Waals surface area contributed by atoms with E-state index in [2.05, 4.69) is 10.3 Å². The van der Waals surface area contributed by atoms with E-state index in [1.165, 1.54) is 0 Å². The molecule has 2 aromatic carbocycles. The molecule has 0 fully saturated rings. The Morgan fingerprint density at radius 1 is 1.00 bits per heavy atom. The summed E-state index contributed by atoms with van der Waals surface area (Å²) in [6, 6.07) is 21.8. The summed E-state index contributed by atoms with van der Waals surface area (Å²) in [6.45, 7) is 2.63. The minimum absolute atomic E-state index is 0. The number of ether oxygens (including phenoxy) is 1. The molecule has 128 valence electrons. The van der Waals surface area contributed by atoms with Crippen LogP contribution in [0.3, 0.4) is 0 Å². The summed E-state index contributed by atoms with van der Waals surface area (Å²) < 4.78 is 5.48. The molecule has 0 unspecified atom stereocenters. The molecule has 25 heavy (non-hydrogen) atoms. The van der Waals surface area contributed by atoms with Gasteiger partial charge in [0.2, 0.25) is 0 Å². The number of hydrogen-bond donors (Lipinski definition) is 1. The van der Waals surface area contributed by atoms with Gasteiger partial charge in [-0.3, -0.25) is 0 Å². The maximum absolute atomic E-state index is 5.48. The molecule has 0 aliphatic carbocycles. The van der Waals surface area contributed by atoms with Crippen LogP contribution in [0.4, 0.5) is 11.4 Å². The van der Waals surface area contributed by atoms with Gasteiger partial charge in [-0.25, -0.2) is 9.98 Å². The molecule has 0 saturated carbocycles. The normalized spacial score (nSPS) is 10.7. The molecule has 5 heteroatoms. The van der Waals surface area contributed by atoms with Crippen LogP contribution in [0.1, 0.15) is 12.5 Å². The van der Waals surface area contributed by atoms with E-state index >= 15 is 0 Å². The van der Waals surface area contributed by atoms with Crippen LogP contribution >= 0.6 is 0 Å². The van der Waals surface area contributed by atoms with Gasteiger partial charge in [0.05, 0.1) is 12.3 Å². The molecule has 2 N–H and O–H groups in total. The summed E-state index contributed by atoms with van der Waals surface area (Å²) >= 11 is 0. The molecule has 0 aliphatic rings. The second-order valence-corrected chi connectivity index (χ2v) is 5.17. The number of aromatic nitrogens is 1. The van der Waals surface area contributed by atoms with Crippen LogP contribution in [0.25, 0.3) is 0 Å². The number of aromatic amines is 1. The minimum Gasteiger partial charge on any atom is -1.00 e. The Bertz CT molecular complexity index is 790. The first kappa shape index (κ1) is 18.5. The number of pyridine rings is 1. The number of rotatable bonds is 5. The van der Waals surface area contributed by atoms with Gasteiger partial charge in [0.15, 0.2) is 12.4 Å². The van der Waals surface area contributed by atoms with Gasteiger partial charge in [-0.05, 0) is 37.3 Å². The monoisotopic (exact) mass is 353 g/mol. The van der Waals surface area contributed by atoms with Crippen molar-refractivity contribution < 1.29 is 22.1 Å². The zero-order valence-electron chi connectivity index (χ0n) is 13.9. The molecule has 3 rings (SSSR count). The minimum atomic E-state index is 0. The Hall–Kier alpha value is -2.85. The highest BCUT2D eigenvalue weighted by Gasteiger charge is 2.06. The van der Waals surface area contributed by atoms with E-state index in [1.807, 2.05) is 86.0 Å². The Kier molecular flexibility index (Phi) is 6.99. The predicted octanol–water partition coefficient (Wildman–Crippen LogP) is 1.09. The number of aliphatic imine (C=N–C) groups is 1. The lowest BCUT2D eigenvalue weighted by Crippen LogP contribution is -3.00. The van der Waals surface area contributed by atoms with E-state index in [4.69, 9.17) is 9.73 Å². The van der Waals surface area contributed by atoms with Crippen LogP contribution in [0, 0.1) is 0 Å². The largest absolute Gasteiger partial charge is 1.00 e. The zero-order chi connectivity index (χ0) is 16.6. The van der Waals surface area contributed by atoms with Crippen LogP contribution in [-0.2, 0) is 0 Å². The lowest BCUT2D eigenvalue weighted by molar-refractivity contribution is -0.377. The molecule has 0 aliphatic heterocycles. The maximum Gasteiger partial charge on any atom is 0.190 e. The van der Waals surface area contributed by atoms with Crippen LogP contribution in [-0.4, -0.2) is 12.4 Å². The van der Waals surface area contributed by atoms with E-state index in [1.54, 1.807) is 0 Å². The Labute approximate surface area is 154 Å². The summed E-state index contributed by atoms with van der Waals surface area (Å²) in [7, 11) is 0. The molecule has 1 heterocycles. The lowest BCUT2D eigenvalue weighted by Gasteiger charge is -2.09. The van der Waals surface area contributed by atoms with Crippen molar-refractivity contribution in [1.82, 2.24) is 0 Å². The van der Waals surface area contributed by atoms with E-state index in [-0.39, 0.29) is 12.4 Å². The molecular formula is C20H20ClN3O. The standard InChI is InChI=1S/C20H19N3O.ClH/c1-2-24-19-12-10-17(11-13-19)22-20(16-7-4-3-5-8-16)23-18-9-6-14-21-15-18;/h3-15H,2H2,1H3,(H,22,23);1H. The number of hydrogen-bond acceptors (Lipinski definition) is 2. The number of halogens is 1. The number of benzene rings is 2. The van der Waals surface area contributed by atoms with Crippen LogP contribution < -0.4 is 27.4 Å². The molecule has 0 atom stereocenters. The van der Waals surface area contributed by atoms with Gasteiger partial charge in [-0.1, -0.05) is 30.3 Å². The van der Waals surface area contributed by atoms with Crippen molar-refractivity contribution in [3.05, 3.63) is 84.7 Å². The molecule has 0 saturated heterocycles. The number of amidine groups is 1. The van der Waals surface area contributed by atoms with Crippen molar-refractivity contribution in [2.75, 3.05) is 11.9 Å². The molecule has 0 bridgehead atoms. The van der Waals surface area contributed by atoms with Gasteiger partial charge in [0.25, 0.3) is 0 Å². The van der Waals surface area contributed by atoms with Crippen molar-refractivity contribution in [3.8, 4) is 5.75 Å². The topological polar surface area (TPSA) is 47.8 Å². The number of nitrogens with one attached hydrogen (secondary N) is 2. The van der Waals surface area contributed by atoms with Crippen molar-refractivity contribution in [3.63, 3.8) is 0 Å². The summed E-state index contributed by atoms with van der Waals surface area (Å²) in [4.78, 5) is 7.83. The van der Waals surface area contributed by atoms with E-state index in [0.29, 0.717) is 6.61 Å². The molecule has 0 radical (unpaired) electrons. The second-order valence-electron chi connectivity index (χ2n) is 5.17. The molecule has 1 aromatic heterocycles. The summed E-state index contributed by atoms with van der Waals surface area (Å²) in [5, 5.41) is 3.37. The lowest BCUT2D eigenvalue weighted by atomic mass is 10.2. The van der Waals surface area contributed by atoms with E-state index < -0.39 is 0 Å². The van der Waals surface area contributed by atoms with Gasteiger partial charge in [0, 0.05) is 11.6 Å². The molecule has 0 spiro atoms. The fourth-order valence-corrected chi connectivity index (χ4v) is 2.28. The summed E-state index contributed by atoms with van der Waals surface area (Å²) in [5.74, 6) is 1.64. The van der Waals surface area contributed by atoms with E-state index in [0.717, 1.165) is 28.5 Å². The first-order chi connectivity index (χ1) is 11.8. The van der Waals surface area contributed by atoms with Crippen LogP contribution in [0.15, 0.2) is 84.1 Å². The molecule has 3 aromatic rings. The van der Waals surface area contributed by atoms with Gasteiger partial charge in [-0.2, -0.15) is 0 Å². The Morgan fingerprint density at radius 3 is 2.40 bits per heavy atom. The average Bonchev–Trinajstić information content (AvgIpc) is 2.65. The quantitative estimate of drug-likeness (QED) is 0.551. The third-order valence-electron chi connectivity index (χ3n) is 3.41. The first-order valence-corrected chi connectivity index (χ1v) is 7.95. The SMILES string of the molecule is CCOc1ccc(N=C(Nc2ccc[nH+]c2)c2ccccc2)cc1.[Cl-]. The third-order valence-corrected chi connectivity index (χ3v) is 3.41. The highest BCUT2D eigenvalue weighted by molar-refractivity contribution is 6.09. The molecule has 0 amide bonds. The van der Waals surface area contributed by atoms with Gasteiger partial charge in [-0.15, -0.1) is 0 Å². The van der Waals surface area contributed by atoms with Crippen molar-refractivity contribution >= 4 is 17.2 Å². The molecule has 4 nitrogen and oxygen atoms in total. The Morgan fingerprint density at radius 2 is 1.76 bits per heavy atom.